The van der Waals surface area contributed by atoms with E-state index in [0.717, 1.165) is 5.56 Å². The molecule has 0 fully saturated rings. The monoisotopic (exact) mass is 328 g/mol. The van der Waals surface area contributed by atoms with Crippen LogP contribution in [0.3, 0.4) is 0 Å². The molecule has 1 heterocycles. The van der Waals surface area contributed by atoms with Gasteiger partial charge in [-0.2, -0.15) is 0 Å². The molecule has 4 nitrogen and oxygen atoms in total. The Morgan fingerprint density at radius 3 is 2.58 bits per heavy atom. The molecule has 0 atom stereocenters. The lowest BCUT2D eigenvalue weighted by atomic mass is 10.1. The lowest BCUT2D eigenvalue weighted by Crippen LogP contribution is -2.25. The van der Waals surface area contributed by atoms with Crippen molar-refractivity contribution >= 4 is 17.8 Å². The summed E-state index contributed by atoms with van der Waals surface area (Å²) < 4.78 is 31.5. The van der Waals surface area contributed by atoms with Crippen LogP contribution in [0.15, 0.2) is 53.2 Å². The second kappa shape index (κ2) is 6.62. The van der Waals surface area contributed by atoms with Gasteiger partial charge in [0.25, 0.3) is 5.91 Å². The minimum absolute atomic E-state index is 0.133. The van der Waals surface area contributed by atoms with Gasteiger partial charge in [-0.1, -0.05) is 18.2 Å². The maximum atomic E-state index is 13.7. The van der Waals surface area contributed by atoms with Crippen molar-refractivity contribution in [1.29, 1.82) is 0 Å². The van der Waals surface area contributed by atoms with Crippen LogP contribution in [-0.4, -0.2) is 18.9 Å². The van der Waals surface area contributed by atoms with E-state index >= 15 is 0 Å². The molecule has 1 N–H and O–H groups in total. The molecule has 0 aromatic heterocycles. The third-order valence-electron chi connectivity index (χ3n) is 3.51. The average molecular weight is 328 g/mol. The molecular formula is C18H14F2N2O2. The van der Waals surface area contributed by atoms with E-state index in [2.05, 4.69) is 10.3 Å². The molecular weight excluding hydrogens is 314 g/mol. The SMILES string of the molecule is COc1ccc(/C=C2/N=C(Cc3ccc(F)cc3)NC2=O)cc1F. The Kier molecular flexibility index (Phi) is 4.37. The molecule has 1 aliphatic rings. The van der Waals surface area contributed by atoms with E-state index in [1.807, 2.05) is 0 Å². The third kappa shape index (κ3) is 3.48. The zero-order valence-corrected chi connectivity index (χ0v) is 12.8. The largest absolute Gasteiger partial charge is 0.494 e. The number of amidine groups is 1. The normalized spacial score (nSPS) is 15.4. The van der Waals surface area contributed by atoms with Crippen LogP contribution in [0.4, 0.5) is 8.78 Å². The van der Waals surface area contributed by atoms with E-state index in [0.29, 0.717) is 17.8 Å². The summed E-state index contributed by atoms with van der Waals surface area (Å²) in [5, 5.41) is 2.66. The fourth-order valence-electron chi connectivity index (χ4n) is 2.33. The van der Waals surface area contributed by atoms with Crippen molar-refractivity contribution in [2.75, 3.05) is 7.11 Å². The number of aliphatic imine (C=N–C) groups is 1. The Labute approximate surface area is 137 Å². The first-order valence-electron chi connectivity index (χ1n) is 7.24. The summed E-state index contributed by atoms with van der Waals surface area (Å²) >= 11 is 0. The van der Waals surface area contributed by atoms with Gasteiger partial charge in [-0.05, 0) is 41.5 Å². The maximum Gasteiger partial charge on any atom is 0.275 e. The van der Waals surface area contributed by atoms with Crippen LogP contribution in [-0.2, 0) is 11.2 Å². The van der Waals surface area contributed by atoms with Gasteiger partial charge in [-0.15, -0.1) is 0 Å². The number of rotatable bonds is 4. The number of hydrogen-bond acceptors (Lipinski definition) is 3. The summed E-state index contributed by atoms with van der Waals surface area (Å²) in [4.78, 5) is 16.2. The fraction of sp³-hybridized carbons (Fsp3) is 0.111. The van der Waals surface area contributed by atoms with Crippen molar-refractivity contribution in [3.63, 3.8) is 0 Å². The maximum absolute atomic E-state index is 13.7. The van der Waals surface area contributed by atoms with Gasteiger partial charge in [0.2, 0.25) is 0 Å². The number of carbonyl (C=O) groups excluding carboxylic acids is 1. The first-order chi connectivity index (χ1) is 11.5. The van der Waals surface area contributed by atoms with Gasteiger partial charge in [-0.3, -0.25) is 4.79 Å². The molecule has 1 aliphatic heterocycles. The summed E-state index contributed by atoms with van der Waals surface area (Å²) in [7, 11) is 1.38. The second-order valence-corrected chi connectivity index (χ2v) is 5.24. The van der Waals surface area contributed by atoms with Gasteiger partial charge in [-0.25, -0.2) is 13.8 Å². The zero-order valence-electron chi connectivity index (χ0n) is 12.8. The molecule has 122 valence electrons. The summed E-state index contributed by atoms with van der Waals surface area (Å²) in [5.74, 6) is -0.595. The minimum atomic E-state index is -0.513. The van der Waals surface area contributed by atoms with Crippen molar-refractivity contribution in [3.05, 3.63) is 70.9 Å². The Morgan fingerprint density at radius 1 is 1.17 bits per heavy atom. The topological polar surface area (TPSA) is 50.7 Å². The average Bonchev–Trinajstić information content (AvgIpc) is 2.89. The van der Waals surface area contributed by atoms with E-state index in [9.17, 15) is 13.6 Å². The first kappa shape index (κ1) is 15.9. The van der Waals surface area contributed by atoms with Gasteiger partial charge in [0, 0.05) is 6.42 Å². The first-order valence-corrected chi connectivity index (χ1v) is 7.24. The summed E-state index contributed by atoms with van der Waals surface area (Å²) in [6.45, 7) is 0. The number of carbonyl (C=O) groups is 1. The Morgan fingerprint density at radius 2 is 1.92 bits per heavy atom. The minimum Gasteiger partial charge on any atom is -0.494 e. The molecule has 2 aromatic rings. The molecule has 6 heteroatoms. The predicted molar refractivity (Wildman–Crippen MR) is 86.6 cm³/mol. The molecule has 0 saturated heterocycles. The van der Waals surface area contributed by atoms with Crippen molar-refractivity contribution < 1.29 is 18.3 Å². The van der Waals surface area contributed by atoms with Crippen molar-refractivity contribution in [3.8, 4) is 5.75 Å². The highest BCUT2D eigenvalue weighted by molar-refractivity contribution is 6.14. The van der Waals surface area contributed by atoms with E-state index in [1.54, 1.807) is 18.2 Å². The third-order valence-corrected chi connectivity index (χ3v) is 3.51. The Balaban J connectivity index is 1.80. The smallest absolute Gasteiger partial charge is 0.275 e. The van der Waals surface area contributed by atoms with Gasteiger partial charge >= 0.3 is 0 Å². The fourth-order valence-corrected chi connectivity index (χ4v) is 2.33. The van der Waals surface area contributed by atoms with Gasteiger partial charge in [0.1, 0.15) is 17.3 Å². The summed E-state index contributed by atoms with van der Waals surface area (Å²) in [6, 6.07) is 10.3. The molecule has 0 spiro atoms. The Bertz CT molecular complexity index is 843. The molecule has 0 radical (unpaired) electrons. The highest BCUT2D eigenvalue weighted by atomic mass is 19.1. The molecule has 0 saturated carbocycles. The van der Waals surface area contributed by atoms with Crippen LogP contribution in [0.25, 0.3) is 6.08 Å². The molecule has 2 aromatic carbocycles. The quantitative estimate of drug-likeness (QED) is 0.877. The summed E-state index contributed by atoms with van der Waals surface area (Å²) in [6.07, 6.45) is 1.87. The van der Waals surface area contributed by atoms with Crippen LogP contribution in [0.1, 0.15) is 11.1 Å². The number of methoxy groups -OCH3 is 1. The van der Waals surface area contributed by atoms with Crippen molar-refractivity contribution in [2.24, 2.45) is 4.99 Å². The van der Waals surface area contributed by atoms with Gasteiger partial charge in [0.15, 0.2) is 11.6 Å². The van der Waals surface area contributed by atoms with Crippen LogP contribution < -0.4 is 10.1 Å². The molecule has 3 rings (SSSR count). The zero-order chi connectivity index (χ0) is 17.1. The molecule has 0 bridgehead atoms. The van der Waals surface area contributed by atoms with Crippen LogP contribution in [0.2, 0.25) is 0 Å². The second-order valence-electron chi connectivity index (χ2n) is 5.24. The molecule has 1 amide bonds. The summed E-state index contributed by atoms with van der Waals surface area (Å²) in [5.41, 5.74) is 1.52. The number of halogens is 2. The highest BCUT2D eigenvalue weighted by Gasteiger charge is 2.20. The number of nitrogens with zero attached hydrogens (tertiary/aromatic N) is 1. The predicted octanol–water partition coefficient (Wildman–Crippen LogP) is 3.09. The van der Waals surface area contributed by atoms with Crippen LogP contribution in [0, 0.1) is 11.6 Å². The Hall–Kier alpha value is -3.02. The number of benzene rings is 2. The number of hydrogen-bond donors (Lipinski definition) is 1. The van der Waals surface area contributed by atoms with Crippen LogP contribution in [0.5, 0.6) is 5.75 Å². The van der Waals surface area contributed by atoms with Gasteiger partial charge < -0.3 is 10.1 Å². The van der Waals surface area contributed by atoms with E-state index in [-0.39, 0.29) is 23.2 Å². The van der Waals surface area contributed by atoms with Crippen molar-refractivity contribution in [2.45, 2.75) is 6.42 Å². The molecule has 0 unspecified atom stereocenters. The van der Waals surface area contributed by atoms with E-state index in [1.165, 1.54) is 37.5 Å². The number of amides is 1. The van der Waals surface area contributed by atoms with Crippen LogP contribution >= 0.6 is 0 Å². The van der Waals surface area contributed by atoms with Gasteiger partial charge in [0.05, 0.1) is 7.11 Å². The van der Waals surface area contributed by atoms with Crippen molar-refractivity contribution in [1.82, 2.24) is 5.32 Å². The lowest BCUT2D eigenvalue weighted by Gasteiger charge is -2.02. The van der Waals surface area contributed by atoms with E-state index < -0.39 is 5.82 Å². The number of nitrogens with one attached hydrogen (secondary N) is 1. The molecule has 0 aliphatic carbocycles. The standard InChI is InChI=1S/C18H14F2N2O2/c1-24-16-7-4-12(8-14(16)20)9-15-18(23)22-17(21-15)10-11-2-5-13(19)6-3-11/h2-9H,10H2,1H3,(H,21,22,23)/b15-9+. The molecule has 24 heavy (non-hydrogen) atoms. The lowest BCUT2D eigenvalue weighted by molar-refractivity contribution is -0.115. The number of ether oxygens (including phenoxy) is 1. The van der Waals surface area contributed by atoms with E-state index in [4.69, 9.17) is 4.74 Å². The highest BCUT2D eigenvalue weighted by Crippen LogP contribution is 2.20.